The number of amides is 1. The molecule has 0 bridgehead atoms. The molecule has 0 saturated heterocycles. The van der Waals surface area contributed by atoms with Crippen molar-refractivity contribution >= 4 is 35.1 Å². The lowest BCUT2D eigenvalue weighted by molar-refractivity contribution is -0.190. The zero-order valence-corrected chi connectivity index (χ0v) is 14.7. The van der Waals surface area contributed by atoms with Gasteiger partial charge in [-0.3, -0.25) is 4.79 Å². The summed E-state index contributed by atoms with van der Waals surface area (Å²) in [5.41, 5.74) is -2.01. The normalized spacial score (nSPS) is 25.5. The van der Waals surface area contributed by atoms with E-state index in [0.29, 0.717) is 6.61 Å². The van der Waals surface area contributed by atoms with Gasteiger partial charge in [-0.05, 0) is 19.1 Å². The maximum Gasteiger partial charge on any atom is 0.330 e. The van der Waals surface area contributed by atoms with E-state index >= 15 is 0 Å². The average Bonchev–Trinajstić information content (AvgIpc) is 2.48. The SMILES string of the molecule is CCOC1CC(NC(=O)c2cccc(Cl)c2Cl)(C(=O)O)C1(C)C. The van der Waals surface area contributed by atoms with E-state index in [-0.39, 0.29) is 28.1 Å². The second kappa shape index (κ2) is 6.30. The minimum Gasteiger partial charge on any atom is -0.479 e. The summed E-state index contributed by atoms with van der Waals surface area (Å²) in [6, 6.07) is 4.66. The van der Waals surface area contributed by atoms with E-state index in [2.05, 4.69) is 5.32 Å². The quantitative estimate of drug-likeness (QED) is 0.844. The third-order valence-corrected chi connectivity index (χ3v) is 5.47. The number of aliphatic carboxylic acids is 1. The summed E-state index contributed by atoms with van der Waals surface area (Å²) in [6.45, 7) is 5.87. The van der Waals surface area contributed by atoms with Crippen molar-refractivity contribution in [1.29, 1.82) is 0 Å². The molecule has 126 valence electrons. The van der Waals surface area contributed by atoms with Crippen LogP contribution < -0.4 is 5.32 Å². The van der Waals surface area contributed by atoms with E-state index in [0.717, 1.165) is 0 Å². The van der Waals surface area contributed by atoms with Gasteiger partial charge in [-0.25, -0.2) is 4.79 Å². The van der Waals surface area contributed by atoms with Crippen molar-refractivity contribution in [2.45, 2.75) is 38.8 Å². The molecule has 0 spiro atoms. The van der Waals surface area contributed by atoms with Gasteiger partial charge in [0.25, 0.3) is 5.91 Å². The molecule has 1 fully saturated rings. The molecule has 1 aromatic carbocycles. The molecule has 23 heavy (non-hydrogen) atoms. The lowest BCUT2D eigenvalue weighted by Gasteiger charge is -2.58. The Morgan fingerprint density at radius 2 is 2.04 bits per heavy atom. The molecule has 7 heteroatoms. The maximum atomic E-state index is 12.5. The van der Waals surface area contributed by atoms with Gasteiger partial charge in [0.15, 0.2) is 0 Å². The van der Waals surface area contributed by atoms with E-state index in [4.69, 9.17) is 27.9 Å². The zero-order valence-electron chi connectivity index (χ0n) is 13.2. The van der Waals surface area contributed by atoms with E-state index < -0.39 is 22.8 Å². The molecule has 0 heterocycles. The number of carbonyl (C=O) groups excluding carboxylic acids is 1. The fraction of sp³-hybridized carbons (Fsp3) is 0.500. The van der Waals surface area contributed by atoms with Crippen molar-refractivity contribution in [3.63, 3.8) is 0 Å². The molecule has 1 aliphatic rings. The van der Waals surface area contributed by atoms with Crippen LogP contribution in [-0.4, -0.2) is 35.2 Å². The van der Waals surface area contributed by atoms with Crippen LogP contribution in [0, 0.1) is 5.41 Å². The molecule has 1 aliphatic carbocycles. The first kappa shape index (κ1) is 18.0. The van der Waals surface area contributed by atoms with Gasteiger partial charge in [0.2, 0.25) is 0 Å². The minimum atomic E-state index is -1.41. The van der Waals surface area contributed by atoms with Crippen LogP contribution in [0.5, 0.6) is 0 Å². The van der Waals surface area contributed by atoms with Crippen molar-refractivity contribution in [2.75, 3.05) is 6.61 Å². The van der Waals surface area contributed by atoms with Crippen molar-refractivity contribution < 1.29 is 19.4 Å². The Balaban J connectivity index is 2.30. The van der Waals surface area contributed by atoms with Crippen LogP contribution >= 0.6 is 23.2 Å². The average molecular weight is 360 g/mol. The molecule has 0 aromatic heterocycles. The number of carboxylic acid groups (broad SMARTS) is 1. The molecule has 2 rings (SSSR count). The molecule has 5 nitrogen and oxygen atoms in total. The van der Waals surface area contributed by atoms with E-state index in [1.165, 1.54) is 6.07 Å². The number of hydrogen-bond acceptors (Lipinski definition) is 3. The third kappa shape index (κ3) is 2.82. The highest BCUT2D eigenvalue weighted by molar-refractivity contribution is 6.43. The monoisotopic (exact) mass is 359 g/mol. The summed E-state index contributed by atoms with van der Waals surface area (Å²) in [5, 5.41) is 12.7. The molecular weight excluding hydrogens is 341 g/mol. The van der Waals surface area contributed by atoms with Crippen LogP contribution in [0.1, 0.15) is 37.6 Å². The summed E-state index contributed by atoms with van der Waals surface area (Å²) in [5.74, 6) is -1.66. The topological polar surface area (TPSA) is 75.6 Å². The first-order valence-electron chi connectivity index (χ1n) is 7.29. The largest absolute Gasteiger partial charge is 0.479 e. The van der Waals surface area contributed by atoms with E-state index in [1.54, 1.807) is 26.0 Å². The molecule has 0 radical (unpaired) electrons. The maximum absolute atomic E-state index is 12.5. The Bertz CT molecular complexity index is 647. The Hall–Kier alpha value is -1.30. The Morgan fingerprint density at radius 1 is 1.39 bits per heavy atom. The fourth-order valence-electron chi connectivity index (χ4n) is 2.98. The predicted molar refractivity (Wildman–Crippen MR) is 88.1 cm³/mol. The van der Waals surface area contributed by atoms with Gasteiger partial charge in [0, 0.05) is 18.4 Å². The fourth-order valence-corrected chi connectivity index (χ4v) is 3.36. The smallest absolute Gasteiger partial charge is 0.330 e. The van der Waals surface area contributed by atoms with Crippen molar-refractivity contribution in [3.05, 3.63) is 33.8 Å². The number of rotatable bonds is 5. The number of ether oxygens (including phenoxy) is 1. The van der Waals surface area contributed by atoms with E-state index in [9.17, 15) is 14.7 Å². The van der Waals surface area contributed by atoms with Gasteiger partial charge in [0.1, 0.15) is 5.54 Å². The molecule has 2 N–H and O–H groups in total. The Labute approximate surface area is 144 Å². The first-order valence-corrected chi connectivity index (χ1v) is 8.04. The summed E-state index contributed by atoms with van der Waals surface area (Å²) in [7, 11) is 0. The minimum absolute atomic E-state index is 0.102. The third-order valence-electron chi connectivity index (χ3n) is 4.65. The number of carbonyl (C=O) groups is 2. The van der Waals surface area contributed by atoms with Gasteiger partial charge >= 0.3 is 5.97 Å². The number of nitrogens with one attached hydrogen (secondary N) is 1. The predicted octanol–water partition coefficient (Wildman–Crippen LogP) is 3.38. The van der Waals surface area contributed by atoms with Gasteiger partial charge in [-0.15, -0.1) is 0 Å². The van der Waals surface area contributed by atoms with Crippen LogP contribution in [0.2, 0.25) is 10.0 Å². The van der Waals surface area contributed by atoms with Crippen molar-refractivity contribution in [1.82, 2.24) is 5.32 Å². The van der Waals surface area contributed by atoms with Crippen LogP contribution in [0.3, 0.4) is 0 Å². The molecule has 1 amide bonds. The molecule has 0 aliphatic heterocycles. The van der Waals surface area contributed by atoms with Crippen LogP contribution in [0.4, 0.5) is 0 Å². The summed E-state index contributed by atoms with van der Waals surface area (Å²) >= 11 is 12.0. The van der Waals surface area contributed by atoms with Gasteiger partial charge < -0.3 is 15.2 Å². The number of halogens is 2. The van der Waals surface area contributed by atoms with Gasteiger partial charge in [-0.1, -0.05) is 43.1 Å². The van der Waals surface area contributed by atoms with E-state index in [1.807, 2.05) is 6.92 Å². The van der Waals surface area contributed by atoms with Gasteiger partial charge in [-0.2, -0.15) is 0 Å². The highest BCUT2D eigenvalue weighted by Gasteiger charge is 2.66. The lowest BCUT2D eigenvalue weighted by atomic mass is 9.54. The number of hydrogen-bond donors (Lipinski definition) is 2. The van der Waals surface area contributed by atoms with Crippen molar-refractivity contribution in [2.24, 2.45) is 5.41 Å². The van der Waals surface area contributed by atoms with Gasteiger partial charge in [0.05, 0.1) is 21.7 Å². The first-order chi connectivity index (χ1) is 10.7. The Kier molecular flexibility index (Phi) is 4.95. The molecule has 2 unspecified atom stereocenters. The lowest BCUT2D eigenvalue weighted by Crippen LogP contribution is -2.76. The molecule has 1 aromatic rings. The molecular formula is C16H19Cl2NO4. The van der Waals surface area contributed by atoms with Crippen LogP contribution in [-0.2, 0) is 9.53 Å². The second-order valence-electron chi connectivity index (χ2n) is 6.14. The standard InChI is InChI=1S/C16H19Cl2NO4/c1-4-23-11-8-16(14(21)22,15(11,2)3)19-13(20)9-6-5-7-10(17)12(9)18/h5-7,11H,4,8H2,1-3H3,(H,19,20)(H,21,22). The number of carboxylic acids is 1. The van der Waals surface area contributed by atoms with Crippen molar-refractivity contribution in [3.8, 4) is 0 Å². The summed E-state index contributed by atoms with van der Waals surface area (Å²) < 4.78 is 5.57. The van der Waals surface area contributed by atoms with Crippen LogP contribution in [0.15, 0.2) is 18.2 Å². The summed E-state index contributed by atoms with van der Waals surface area (Å²) in [4.78, 5) is 24.4. The second-order valence-corrected chi connectivity index (χ2v) is 6.92. The Morgan fingerprint density at radius 3 is 2.57 bits per heavy atom. The molecule has 2 atom stereocenters. The molecule has 1 saturated carbocycles. The zero-order chi connectivity index (χ0) is 17.4. The highest BCUT2D eigenvalue weighted by atomic mass is 35.5. The summed E-state index contributed by atoms with van der Waals surface area (Å²) in [6.07, 6.45) is -0.0358. The van der Waals surface area contributed by atoms with Crippen LogP contribution in [0.25, 0.3) is 0 Å². The number of benzene rings is 1. The highest BCUT2D eigenvalue weighted by Crippen LogP contribution is 2.51.